The third-order valence-corrected chi connectivity index (χ3v) is 7.09. The summed E-state index contributed by atoms with van der Waals surface area (Å²) in [6, 6.07) is 17.4. The lowest BCUT2D eigenvalue weighted by Crippen LogP contribution is -2.55. The van der Waals surface area contributed by atoms with E-state index in [1.807, 2.05) is 47.4 Å². The predicted octanol–water partition coefficient (Wildman–Crippen LogP) is 3.65. The summed E-state index contributed by atoms with van der Waals surface area (Å²) in [5.41, 5.74) is 2.18. The van der Waals surface area contributed by atoms with Crippen LogP contribution < -0.4 is 4.90 Å². The van der Waals surface area contributed by atoms with Crippen LogP contribution in [-0.2, 0) is 9.59 Å². The first-order valence-electron chi connectivity index (χ1n) is 9.79. The van der Waals surface area contributed by atoms with Crippen LogP contribution in [0.2, 0.25) is 5.02 Å². The van der Waals surface area contributed by atoms with Crippen LogP contribution in [0.4, 0.5) is 5.69 Å². The van der Waals surface area contributed by atoms with Crippen molar-refractivity contribution in [3.63, 3.8) is 0 Å². The van der Waals surface area contributed by atoms with Crippen LogP contribution in [-0.4, -0.2) is 59.6 Å². The Morgan fingerprint density at radius 3 is 2.24 bits per heavy atom. The topological polar surface area (TPSA) is 43.9 Å². The zero-order valence-electron chi connectivity index (χ0n) is 16.3. The van der Waals surface area contributed by atoms with E-state index in [1.54, 1.807) is 23.6 Å². The van der Waals surface area contributed by atoms with Gasteiger partial charge in [0.2, 0.25) is 11.8 Å². The van der Waals surface area contributed by atoms with E-state index < -0.39 is 6.04 Å². The molecule has 2 aromatic rings. The summed E-state index contributed by atoms with van der Waals surface area (Å²) in [5.74, 6) is 0.595. The zero-order valence-corrected chi connectivity index (χ0v) is 17.9. The van der Waals surface area contributed by atoms with Crippen molar-refractivity contribution in [3.8, 4) is 0 Å². The average Bonchev–Trinajstić information content (AvgIpc) is 3.20. The second-order valence-corrected chi connectivity index (χ2v) is 8.88. The van der Waals surface area contributed by atoms with Gasteiger partial charge in [-0.15, -0.1) is 11.8 Å². The smallest absolute Gasteiger partial charge is 0.246 e. The summed E-state index contributed by atoms with van der Waals surface area (Å²) in [6.45, 7) is 4.49. The molecular formula is C22H24ClN3O2S. The number of anilines is 1. The largest absolute Gasteiger partial charge is 0.368 e. The van der Waals surface area contributed by atoms with Gasteiger partial charge in [-0.05, 0) is 29.8 Å². The molecule has 0 spiro atoms. The molecule has 152 valence electrons. The van der Waals surface area contributed by atoms with Gasteiger partial charge in [0.05, 0.1) is 0 Å². The standard InChI is InChI=1S/C22H24ClN3O2S/c1-16(27)26-20(15-29-22(26)17-7-9-18(23)10-8-17)21(28)25-13-11-24(12-14-25)19-5-3-2-4-6-19/h2-10,20,22H,11-15H2,1H3/t20-,22-/m1/s1. The molecule has 5 nitrogen and oxygen atoms in total. The molecule has 2 saturated heterocycles. The first-order valence-corrected chi connectivity index (χ1v) is 11.2. The number of carbonyl (C=O) groups is 2. The van der Waals surface area contributed by atoms with E-state index in [9.17, 15) is 9.59 Å². The van der Waals surface area contributed by atoms with E-state index in [0.717, 1.165) is 18.7 Å². The van der Waals surface area contributed by atoms with Crippen LogP contribution >= 0.6 is 23.4 Å². The number of hydrogen-bond donors (Lipinski definition) is 0. The summed E-state index contributed by atoms with van der Waals surface area (Å²) in [6.07, 6.45) is 0. The molecule has 0 saturated carbocycles. The summed E-state index contributed by atoms with van der Waals surface area (Å²) in [7, 11) is 0. The Kier molecular flexibility index (Phi) is 6.01. The van der Waals surface area contributed by atoms with Gasteiger partial charge >= 0.3 is 0 Å². The minimum Gasteiger partial charge on any atom is -0.368 e. The number of carbonyl (C=O) groups excluding carboxylic acids is 2. The van der Waals surface area contributed by atoms with Crippen LogP contribution in [0, 0.1) is 0 Å². The van der Waals surface area contributed by atoms with Crippen molar-refractivity contribution in [1.82, 2.24) is 9.80 Å². The van der Waals surface area contributed by atoms with Crippen molar-refractivity contribution >= 4 is 40.9 Å². The maximum absolute atomic E-state index is 13.3. The summed E-state index contributed by atoms with van der Waals surface area (Å²) >= 11 is 7.64. The molecule has 2 amide bonds. The molecule has 0 aliphatic carbocycles. The van der Waals surface area contributed by atoms with Crippen LogP contribution in [0.25, 0.3) is 0 Å². The van der Waals surface area contributed by atoms with Crippen LogP contribution in [0.1, 0.15) is 17.9 Å². The average molecular weight is 430 g/mol. The van der Waals surface area contributed by atoms with Gasteiger partial charge < -0.3 is 14.7 Å². The minimum absolute atomic E-state index is 0.0527. The molecule has 7 heteroatoms. The Bertz CT molecular complexity index is 869. The van der Waals surface area contributed by atoms with E-state index in [2.05, 4.69) is 17.0 Å². The van der Waals surface area contributed by atoms with Crippen molar-refractivity contribution in [2.45, 2.75) is 18.3 Å². The van der Waals surface area contributed by atoms with E-state index >= 15 is 0 Å². The highest BCUT2D eigenvalue weighted by Gasteiger charge is 2.42. The molecule has 2 heterocycles. The van der Waals surface area contributed by atoms with Gasteiger partial charge in [-0.2, -0.15) is 0 Å². The molecule has 0 aromatic heterocycles. The Morgan fingerprint density at radius 2 is 1.62 bits per heavy atom. The second-order valence-electron chi connectivity index (χ2n) is 7.33. The number of benzene rings is 2. The van der Waals surface area contributed by atoms with Crippen molar-refractivity contribution in [3.05, 3.63) is 65.2 Å². The van der Waals surface area contributed by atoms with Gasteiger partial charge in [0.25, 0.3) is 0 Å². The van der Waals surface area contributed by atoms with E-state index in [4.69, 9.17) is 11.6 Å². The number of thioether (sulfide) groups is 1. The van der Waals surface area contributed by atoms with Crippen molar-refractivity contribution in [2.75, 3.05) is 36.8 Å². The van der Waals surface area contributed by atoms with E-state index in [1.165, 1.54) is 5.69 Å². The minimum atomic E-state index is -0.415. The third-order valence-electron chi connectivity index (χ3n) is 5.52. The van der Waals surface area contributed by atoms with Crippen molar-refractivity contribution in [2.24, 2.45) is 0 Å². The number of amides is 2. The molecule has 0 radical (unpaired) electrons. The van der Waals surface area contributed by atoms with Gasteiger partial charge in [0.15, 0.2) is 0 Å². The number of rotatable bonds is 3. The van der Waals surface area contributed by atoms with Crippen LogP contribution in [0.15, 0.2) is 54.6 Å². The van der Waals surface area contributed by atoms with Crippen LogP contribution in [0.5, 0.6) is 0 Å². The molecule has 2 aliphatic rings. The zero-order chi connectivity index (χ0) is 20.4. The SMILES string of the molecule is CC(=O)N1[C@@H](C(=O)N2CCN(c3ccccc3)CC2)CS[C@@H]1c1ccc(Cl)cc1. The fraction of sp³-hybridized carbons (Fsp3) is 0.364. The molecule has 2 aromatic carbocycles. The monoisotopic (exact) mass is 429 g/mol. The highest BCUT2D eigenvalue weighted by molar-refractivity contribution is 7.99. The van der Waals surface area contributed by atoms with Gasteiger partial charge in [-0.25, -0.2) is 0 Å². The maximum Gasteiger partial charge on any atom is 0.246 e. The highest BCUT2D eigenvalue weighted by atomic mass is 35.5. The molecule has 0 N–H and O–H groups in total. The molecular weight excluding hydrogens is 406 g/mol. The fourth-order valence-corrected chi connectivity index (χ4v) is 5.60. The summed E-state index contributed by atoms with van der Waals surface area (Å²) in [5, 5.41) is 0.513. The normalized spacial score (nSPS) is 22.1. The Balaban J connectivity index is 1.44. The van der Waals surface area contributed by atoms with Gasteiger partial charge in [-0.1, -0.05) is 41.9 Å². The Morgan fingerprint density at radius 1 is 0.966 bits per heavy atom. The van der Waals surface area contributed by atoms with Crippen LogP contribution in [0.3, 0.4) is 0 Å². The quantitative estimate of drug-likeness (QED) is 0.747. The number of halogens is 1. The predicted molar refractivity (Wildman–Crippen MR) is 118 cm³/mol. The van der Waals surface area contributed by atoms with Gasteiger partial charge in [0, 0.05) is 49.6 Å². The lowest BCUT2D eigenvalue weighted by molar-refractivity contribution is -0.144. The lowest BCUT2D eigenvalue weighted by Gasteiger charge is -2.38. The van der Waals surface area contributed by atoms with Crippen molar-refractivity contribution < 1.29 is 9.59 Å². The number of piperazine rings is 1. The molecule has 2 atom stereocenters. The van der Waals surface area contributed by atoms with Gasteiger partial charge in [0.1, 0.15) is 11.4 Å². The number of para-hydroxylation sites is 1. The Labute approximate surface area is 180 Å². The van der Waals surface area contributed by atoms with Gasteiger partial charge in [-0.3, -0.25) is 9.59 Å². The Hall–Kier alpha value is -2.18. The number of hydrogen-bond acceptors (Lipinski definition) is 4. The molecule has 0 unspecified atom stereocenters. The molecule has 2 fully saturated rings. The highest BCUT2D eigenvalue weighted by Crippen LogP contribution is 2.42. The number of nitrogens with zero attached hydrogens (tertiary/aromatic N) is 3. The maximum atomic E-state index is 13.3. The second kappa shape index (κ2) is 8.67. The van der Waals surface area contributed by atoms with E-state index in [-0.39, 0.29) is 17.2 Å². The fourth-order valence-electron chi connectivity index (χ4n) is 4.00. The lowest BCUT2D eigenvalue weighted by atomic mass is 10.1. The first-order chi connectivity index (χ1) is 14.0. The summed E-state index contributed by atoms with van der Waals surface area (Å²) < 4.78 is 0. The molecule has 2 aliphatic heterocycles. The third kappa shape index (κ3) is 4.23. The van der Waals surface area contributed by atoms with E-state index in [0.29, 0.717) is 23.9 Å². The molecule has 0 bridgehead atoms. The van der Waals surface area contributed by atoms with Crippen molar-refractivity contribution in [1.29, 1.82) is 0 Å². The summed E-state index contributed by atoms with van der Waals surface area (Å²) in [4.78, 5) is 31.6. The molecule has 4 rings (SSSR count). The first kappa shape index (κ1) is 20.1. The molecule has 29 heavy (non-hydrogen) atoms.